The summed E-state index contributed by atoms with van der Waals surface area (Å²) in [5, 5.41) is 3.23. The molecule has 116 valence electrons. The van der Waals surface area contributed by atoms with E-state index in [2.05, 4.69) is 10.3 Å². The Hall–Kier alpha value is -1.86. The van der Waals surface area contributed by atoms with Crippen LogP contribution in [0.4, 0.5) is 13.9 Å². The molecule has 0 bridgehead atoms. The molecular weight excluding hydrogens is 310 g/mol. The van der Waals surface area contributed by atoms with E-state index in [-0.39, 0.29) is 11.8 Å². The third-order valence-electron chi connectivity index (χ3n) is 3.46. The van der Waals surface area contributed by atoms with E-state index >= 15 is 0 Å². The highest BCUT2D eigenvalue weighted by molar-refractivity contribution is 7.15. The number of thiazole rings is 1. The average Bonchev–Trinajstić information content (AvgIpc) is 3.13. The van der Waals surface area contributed by atoms with Crippen molar-refractivity contribution in [2.75, 3.05) is 18.5 Å². The van der Waals surface area contributed by atoms with Gasteiger partial charge in [0.1, 0.15) is 11.6 Å². The van der Waals surface area contributed by atoms with E-state index in [1.54, 1.807) is 6.20 Å². The monoisotopic (exact) mass is 324 g/mol. The Labute approximate surface area is 130 Å². The van der Waals surface area contributed by atoms with Crippen LogP contribution in [0.3, 0.4) is 0 Å². The normalized spacial score (nSPS) is 17.6. The van der Waals surface area contributed by atoms with Crippen molar-refractivity contribution in [3.05, 3.63) is 46.5 Å². The van der Waals surface area contributed by atoms with Crippen LogP contribution in [0.1, 0.15) is 16.9 Å². The zero-order chi connectivity index (χ0) is 15.5. The molecule has 1 saturated heterocycles. The van der Waals surface area contributed by atoms with Gasteiger partial charge in [-0.1, -0.05) is 6.07 Å². The van der Waals surface area contributed by atoms with Gasteiger partial charge < -0.3 is 10.1 Å². The zero-order valence-electron chi connectivity index (χ0n) is 11.6. The summed E-state index contributed by atoms with van der Waals surface area (Å²) in [6.07, 6.45) is 2.62. The first kappa shape index (κ1) is 15.1. The number of hydrogen-bond acceptors (Lipinski definition) is 4. The van der Waals surface area contributed by atoms with Crippen molar-refractivity contribution in [2.45, 2.75) is 12.8 Å². The molecule has 1 N–H and O–H groups in total. The summed E-state index contributed by atoms with van der Waals surface area (Å²) in [6.45, 7) is 1.04. The predicted octanol–water partition coefficient (Wildman–Crippen LogP) is 2.99. The van der Waals surface area contributed by atoms with Crippen LogP contribution in [0.2, 0.25) is 0 Å². The molecule has 3 rings (SSSR count). The number of nitrogens with one attached hydrogen (secondary N) is 1. The first-order valence-corrected chi connectivity index (χ1v) is 7.70. The molecule has 22 heavy (non-hydrogen) atoms. The molecule has 1 aromatic heterocycles. The van der Waals surface area contributed by atoms with E-state index in [1.807, 2.05) is 0 Å². The van der Waals surface area contributed by atoms with Gasteiger partial charge in [0.2, 0.25) is 5.91 Å². The number of amides is 1. The molecule has 2 heterocycles. The van der Waals surface area contributed by atoms with Crippen molar-refractivity contribution in [3.8, 4) is 0 Å². The molecule has 1 atom stereocenters. The van der Waals surface area contributed by atoms with Gasteiger partial charge in [0.05, 0.1) is 12.5 Å². The fourth-order valence-electron chi connectivity index (χ4n) is 2.25. The quantitative estimate of drug-likeness (QED) is 0.941. The highest BCUT2D eigenvalue weighted by Crippen LogP contribution is 2.24. The van der Waals surface area contributed by atoms with Crippen LogP contribution in [-0.4, -0.2) is 24.1 Å². The minimum atomic E-state index is -0.600. The number of benzene rings is 1. The molecule has 0 aliphatic carbocycles. The van der Waals surface area contributed by atoms with Gasteiger partial charge in [0.25, 0.3) is 0 Å². The molecule has 1 aliphatic rings. The van der Waals surface area contributed by atoms with Crippen LogP contribution in [0.15, 0.2) is 24.4 Å². The number of carbonyl (C=O) groups excluding carboxylic acids is 1. The fourth-order valence-corrected chi connectivity index (χ4v) is 3.09. The molecule has 0 unspecified atom stereocenters. The summed E-state index contributed by atoms with van der Waals surface area (Å²) in [6, 6.07) is 3.50. The van der Waals surface area contributed by atoms with Crippen molar-refractivity contribution in [1.29, 1.82) is 0 Å². The van der Waals surface area contributed by atoms with E-state index in [0.29, 0.717) is 36.8 Å². The van der Waals surface area contributed by atoms with Gasteiger partial charge in [-0.3, -0.25) is 4.79 Å². The molecule has 1 aromatic carbocycles. The number of aromatic nitrogens is 1. The van der Waals surface area contributed by atoms with E-state index in [9.17, 15) is 13.6 Å². The van der Waals surface area contributed by atoms with Gasteiger partial charge in [-0.25, -0.2) is 13.8 Å². The highest BCUT2D eigenvalue weighted by atomic mass is 32.1. The number of nitrogens with zero attached hydrogens (tertiary/aromatic N) is 1. The topological polar surface area (TPSA) is 51.2 Å². The lowest BCUT2D eigenvalue weighted by molar-refractivity contribution is -0.119. The first-order chi connectivity index (χ1) is 10.6. The lowest BCUT2D eigenvalue weighted by Gasteiger charge is -2.05. The third kappa shape index (κ3) is 3.48. The molecule has 0 spiro atoms. The number of halogens is 2. The van der Waals surface area contributed by atoms with Crippen LogP contribution >= 0.6 is 11.3 Å². The SMILES string of the molecule is O=C(Nc1ncc(Cc2ccc(F)cc2F)s1)[C@H]1CCOC1. The van der Waals surface area contributed by atoms with Crippen LogP contribution in [0.25, 0.3) is 0 Å². The van der Waals surface area contributed by atoms with E-state index < -0.39 is 11.6 Å². The second-order valence-electron chi connectivity index (χ2n) is 5.09. The second-order valence-corrected chi connectivity index (χ2v) is 6.21. The predicted molar refractivity (Wildman–Crippen MR) is 78.8 cm³/mol. The lowest BCUT2D eigenvalue weighted by atomic mass is 10.1. The van der Waals surface area contributed by atoms with Gasteiger partial charge >= 0.3 is 0 Å². The van der Waals surface area contributed by atoms with Crippen molar-refractivity contribution in [2.24, 2.45) is 5.92 Å². The molecule has 1 fully saturated rings. The number of hydrogen-bond donors (Lipinski definition) is 1. The lowest BCUT2D eigenvalue weighted by Crippen LogP contribution is -2.22. The number of ether oxygens (including phenoxy) is 1. The Balaban J connectivity index is 1.64. The summed E-state index contributed by atoms with van der Waals surface area (Å²) in [5.74, 6) is -1.42. The van der Waals surface area contributed by atoms with E-state index in [1.165, 1.54) is 23.5 Å². The van der Waals surface area contributed by atoms with Crippen molar-refractivity contribution < 1.29 is 18.3 Å². The maximum atomic E-state index is 13.6. The Bertz CT molecular complexity index is 684. The Morgan fingerprint density at radius 1 is 1.45 bits per heavy atom. The maximum Gasteiger partial charge on any atom is 0.231 e. The Kier molecular flexibility index (Phi) is 4.44. The van der Waals surface area contributed by atoms with Crippen molar-refractivity contribution in [1.82, 2.24) is 4.98 Å². The highest BCUT2D eigenvalue weighted by Gasteiger charge is 2.24. The van der Waals surface area contributed by atoms with Gasteiger partial charge in [0, 0.05) is 30.2 Å². The molecule has 4 nitrogen and oxygen atoms in total. The summed E-state index contributed by atoms with van der Waals surface area (Å²) in [4.78, 5) is 16.9. The summed E-state index contributed by atoms with van der Waals surface area (Å²) >= 11 is 1.28. The van der Waals surface area contributed by atoms with E-state index in [0.717, 1.165) is 10.9 Å². The first-order valence-electron chi connectivity index (χ1n) is 6.89. The molecule has 1 aliphatic heterocycles. The minimum absolute atomic E-state index is 0.105. The third-order valence-corrected chi connectivity index (χ3v) is 4.38. The molecule has 2 aromatic rings. The summed E-state index contributed by atoms with van der Waals surface area (Å²) in [7, 11) is 0. The van der Waals surface area contributed by atoms with Gasteiger partial charge in [-0.05, 0) is 18.1 Å². The maximum absolute atomic E-state index is 13.6. The van der Waals surface area contributed by atoms with Crippen LogP contribution in [0.5, 0.6) is 0 Å². The molecular formula is C15H14F2N2O2S. The number of anilines is 1. The number of rotatable bonds is 4. The smallest absolute Gasteiger partial charge is 0.231 e. The fraction of sp³-hybridized carbons (Fsp3) is 0.333. The second kappa shape index (κ2) is 6.50. The standard InChI is InChI=1S/C15H14F2N2O2S/c16-11-2-1-9(13(17)6-11)5-12-7-18-15(22-12)19-14(20)10-3-4-21-8-10/h1-2,6-7,10H,3-5,8H2,(H,18,19,20)/t10-/m0/s1. The Morgan fingerprint density at radius 3 is 3.05 bits per heavy atom. The molecule has 7 heteroatoms. The Morgan fingerprint density at radius 2 is 2.32 bits per heavy atom. The molecule has 0 saturated carbocycles. The van der Waals surface area contributed by atoms with Crippen molar-refractivity contribution >= 4 is 22.4 Å². The van der Waals surface area contributed by atoms with Crippen LogP contribution in [0, 0.1) is 17.6 Å². The number of carbonyl (C=O) groups is 1. The van der Waals surface area contributed by atoms with Gasteiger partial charge in [0.15, 0.2) is 5.13 Å². The minimum Gasteiger partial charge on any atom is -0.381 e. The summed E-state index contributed by atoms with van der Waals surface area (Å²) < 4.78 is 31.7. The van der Waals surface area contributed by atoms with E-state index in [4.69, 9.17) is 4.74 Å². The average molecular weight is 324 g/mol. The largest absolute Gasteiger partial charge is 0.381 e. The van der Waals surface area contributed by atoms with Crippen molar-refractivity contribution in [3.63, 3.8) is 0 Å². The molecule has 0 radical (unpaired) electrons. The summed E-state index contributed by atoms with van der Waals surface area (Å²) in [5.41, 5.74) is 0.395. The van der Waals surface area contributed by atoms with Gasteiger partial charge in [-0.15, -0.1) is 11.3 Å². The van der Waals surface area contributed by atoms with Gasteiger partial charge in [-0.2, -0.15) is 0 Å². The zero-order valence-corrected chi connectivity index (χ0v) is 12.5. The molecule has 1 amide bonds. The van der Waals surface area contributed by atoms with Crippen LogP contribution < -0.4 is 5.32 Å². The van der Waals surface area contributed by atoms with Crippen LogP contribution in [-0.2, 0) is 16.0 Å².